The zero-order chi connectivity index (χ0) is 9.64. The van der Waals surface area contributed by atoms with Gasteiger partial charge in [0.15, 0.2) is 0 Å². The van der Waals surface area contributed by atoms with Gasteiger partial charge in [0.1, 0.15) is 0 Å². The molecule has 70 valence electrons. The van der Waals surface area contributed by atoms with Crippen LogP contribution in [0.3, 0.4) is 0 Å². The minimum absolute atomic E-state index is 0.0817. The van der Waals surface area contributed by atoms with Crippen molar-refractivity contribution in [3.8, 4) is 0 Å². The van der Waals surface area contributed by atoms with Crippen LogP contribution in [0.25, 0.3) is 0 Å². The molecule has 1 fully saturated rings. The van der Waals surface area contributed by atoms with E-state index in [1.807, 2.05) is 13.0 Å². The lowest BCUT2D eigenvalue weighted by Gasteiger charge is -2.07. The Balaban J connectivity index is 2.28. The molecule has 13 heavy (non-hydrogen) atoms. The maximum Gasteiger partial charge on any atom is 0.312 e. The first-order valence-corrected chi connectivity index (χ1v) is 4.55. The van der Waals surface area contributed by atoms with Crippen molar-refractivity contribution >= 4 is 5.97 Å². The van der Waals surface area contributed by atoms with Gasteiger partial charge in [0.2, 0.25) is 0 Å². The van der Waals surface area contributed by atoms with E-state index in [0.717, 1.165) is 0 Å². The van der Waals surface area contributed by atoms with Crippen LogP contribution in [0.4, 0.5) is 0 Å². The molecular formula is C11H14O2. The average Bonchev–Trinajstić information content (AvgIpc) is 2.74. The highest BCUT2D eigenvalue weighted by Crippen LogP contribution is 2.64. The summed E-state index contributed by atoms with van der Waals surface area (Å²) in [6.07, 6.45) is 6.22. The van der Waals surface area contributed by atoms with E-state index in [4.69, 9.17) is 4.74 Å². The minimum Gasteiger partial charge on any atom is -0.469 e. The fraction of sp³-hybridized carbons (Fsp3) is 0.545. The van der Waals surface area contributed by atoms with E-state index in [-0.39, 0.29) is 11.4 Å². The van der Waals surface area contributed by atoms with E-state index >= 15 is 0 Å². The van der Waals surface area contributed by atoms with Crippen molar-refractivity contribution in [1.29, 1.82) is 0 Å². The quantitative estimate of drug-likeness (QED) is 0.573. The third kappa shape index (κ3) is 0.916. The maximum atomic E-state index is 11.5. The number of allylic oxidation sites excluding steroid dienone is 4. The third-order valence-electron chi connectivity index (χ3n) is 3.38. The molecule has 0 N–H and O–H groups in total. The molecule has 2 unspecified atom stereocenters. The lowest BCUT2D eigenvalue weighted by atomic mass is 10.0. The highest BCUT2D eigenvalue weighted by atomic mass is 16.5. The molecule has 2 heteroatoms. The third-order valence-corrected chi connectivity index (χ3v) is 3.38. The summed E-state index contributed by atoms with van der Waals surface area (Å²) in [5, 5.41) is 0. The van der Waals surface area contributed by atoms with Crippen molar-refractivity contribution in [2.75, 3.05) is 7.11 Å². The monoisotopic (exact) mass is 178 g/mol. The molecular weight excluding hydrogens is 164 g/mol. The number of rotatable bonds is 1. The van der Waals surface area contributed by atoms with Crippen LogP contribution < -0.4 is 0 Å². The Labute approximate surface area is 78.3 Å². The number of methoxy groups -OCH3 is 1. The molecule has 2 nitrogen and oxygen atoms in total. The Hall–Kier alpha value is -1.05. The van der Waals surface area contributed by atoms with Gasteiger partial charge in [-0.25, -0.2) is 0 Å². The molecule has 0 bridgehead atoms. The number of esters is 1. The first kappa shape index (κ1) is 8.54. The van der Waals surface area contributed by atoms with Crippen LogP contribution in [0.5, 0.6) is 0 Å². The molecule has 0 aliphatic heterocycles. The minimum atomic E-state index is -0.289. The molecule has 0 amide bonds. The van der Waals surface area contributed by atoms with Gasteiger partial charge in [-0.2, -0.15) is 0 Å². The van der Waals surface area contributed by atoms with Crippen molar-refractivity contribution in [2.24, 2.45) is 17.3 Å². The molecule has 0 aromatic carbocycles. The van der Waals surface area contributed by atoms with Gasteiger partial charge < -0.3 is 4.74 Å². The molecule has 0 spiro atoms. The number of carbonyl (C=O) groups is 1. The second-order valence-electron chi connectivity index (χ2n) is 4.07. The predicted molar refractivity (Wildman–Crippen MR) is 50.0 cm³/mol. The zero-order valence-corrected chi connectivity index (χ0v) is 8.20. The van der Waals surface area contributed by atoms with E-state index in [1.165, 1.54) is 12.7 Å². The van der Waals surface area contributed by atoms with Gasteiger partial charge in [-0.3, -0.25) is 4.79 Å². The number of hydrogen-bond acceptors (Lipinski definition) is 2. The summed E-state index contributed by atoms with van der Waals surface area (Å²) in [5.41, 5.74) is 1.00. The van der Waals surface area contributed by atoms with Crippen LogP contribution in [-0.4, -0.2) is 13.1 Å². The number of fused-ring (bicyclic) bond motifs is 1. The van der Waals surface area contributed by atoms with E-state index < -0.39 is 0 Å². The van der Waals surface area contributed by atoms with Crippen molar-refractivity contribution in [3.63, 3.8) is 0 Å². The molecule has 0 saturated heterocycles. The lowest BCUT2D eigenvalue weighted by Crippen LogP contribution is -2.17. The average molecular weight is 178 g/mol. The van der Waals surface area contributed by atoms with Crippen molar-refractivity contribution in [3.05, 3.63) is 23.8 Å². The SMILES string of the molecule is COC(=O)[C@@]1(C)C2C=CC=C(C)C21. The van der Waals surface area contributed by atoms with E-state index in [9.17, 15) is 4.79 Å². The van der Waals surface area contributed by atoms with Gasteiger partial charge in [0.25, 0.3) is 0 Å². The molecule has 0 aromatic rings. The zero-order valence-electron chi connectivity index (χ0n) is 8.20. The Bertz CT molecular complexity index is 314. The summed E-state index contributed by atoms with van der Waals surface area (Å²) in [6, 6.07) is 0. The van der Waals surface area contributed by atoms with Crippen molar-refractivity contribution in [1.82, 2.24) is 0 Å². The van der Waals surface area contributed by atoms with Crippen molar-refractivity contribution in [2.45, 2.75) is 13.8 Å². The van der Waals surface area contributed by atoms with Gasteiger partial charge in [0, 0.05) is 11.8 Å². The standard InChI is InChI=1S/C11H14O2/c1-7-5-4-6-8-9(7)11(8,2)10(12)13-3/h4-6,8-9H,1-3H3/t8?,9?,11-/m0/s1. The van der Waals surface area contributed by atoms with E-state index in [1.54, 1.807) is 0 Å². The van der Waals surface area contributed by atoms with Gasteiger partial charge in [-0.05, 0) is 13.8 Å². The topological polar surface area (TPSA) is 26.3 Å². The molecule has 2 aliphatic rings. The fourth-order valence-corrected chi connectivity index (χ4v) is 2.53. The summed E-state index contributed by atoms with van der Waals surface area (Å²) in [4.78, 5) is 11.5. The van der Waals surface area contributed by atoms with Gasteiger partial charge in [0.05, 0.1) is 12.5 Å². The highest BCUT2D eigenvalue weighted by molar-refractivity contribution is 5.83. The second kappa shape index (κ2) is 2.47. The summed E-state index contributed by atoms with van der Waals surface area (Å²) >= 11 is 0. The number of hydrogen-bond donors (Lipinski definition) is 0. The number of carbonyl (C=O) groups excluding carboxylic acids is 1. The van der Waals surface area contributed by atoms with Crippen LogP contribution in [0.1, 0.15) is 13.8 Å². The van der Waals surface area contributed by atoms with E-state index in [2.05, 4.69) is 19.1 Å². The molecule has 0 radical (unpaired) electrons. The van der Waals surface area contributed by atoms with Gasteiger partial charge in [-0.15, -0.1) is 0 Å². The van der Waals surface area contributed by atoms with Crippen LogP contribution in [-0.2, 0) is 9.53 Å². The van der Waals surface area contributed by atoms with Crippen LogP contribution in [0, 0.1) is 17.3 Å². The Morgan fingerprint density at radius 1 is 1.62 bits per heavy atom. The summed E-state index contributed by atoms with van der Waals surface area (Å²) in [7, 11) is 1.46. The summed E-state index contributed by atoms with van der Waals surface area (Å²) in [5.74, 6) is 0.664. The Morgan fingerprint density at radius 2 is 2.31 bits per heavy atom. The molecule has 0 aromatic heterocycles. The molecule has 1 saturated carbocycles. The second-order valence-corrected chi connectivity index (χ2v) is 4.07. The van der Waals surface area contributed by atoms with E-state index in [0.29, 0.717) is 11.8 Å². The molecule has 3 atom stereocenters. The smallest absolute Gasteiger partial charge is 0.312 e. The van der Waals surface area contributed by atoms with Gasteiger partial charge in [-0.1, -0.05) is 23.8 Å². The first-order chi connectivity index (χ1) is 6.12. The molecule has 0 heterocycles. The largest absolute Gasteiger partial charge is 0.469 e. The Kier molecular flexibility index (Phi) is 1.62. The van der Waals surface area contributed by atoms with Crippen LogP contribution >= 0.6 is 0 Å². The maximum absolute atomic E-state index is 11.5. The fourth-order valence-electron chi connectivity index (χ4n) is 2.53. The molecule has 2 rings (SSSR count). The van der Waals surface area contributed by atoms with Crippen LogP contribution in [0.2, 0.25) is 0 Å². The first-order valence-electron chi connectivity index (χ1n) is 4.55. The van der Waals surface area contributed by atoms with Crippen LogP contribution in [0.15, 0.2) is 23.8 Å². The summed E-state index contributed by atoms with van der Waals surface area (Å²) in [6.45, 7) is 4.07. The predicted octanol–water partition coefficient (Wildman–Crippen LogP) is 1.93. The van der Waals surface area contributed by atoms with Gasteiger partial charge >= 0.3 is 5.97 Å². The highest BCUT2D eigenvalue weighted by Gasteiger charge is 2.66. The number of ether oxygens (including phenoxy) is 1. The van der Waals surface area contributed by atoms with Crippen molar-refractivity contribution < 1.29 is 9.53 Å². The molecule has 2 aliphatic carbocycles. The lowest BCUT2D eigenvalue weighted by molar-refractivity contribution is -0.147. The Morgan fingerprint density at radius 3 is 2.85 bits per heavy atom. The summed E-state index contributed by atoms with van der Waals surface area (Å²) < 4.78 is 4.82. The normalized spacial score (nSPS) is 40.7.